The summed E-state index contributed by atoms with van der Waals surface area (Å²) in [6.45, 7) is 2.93. The fraction of sp³-hybridized carbons (Fsp3) is 0.632. The van der Waals surface area contributed by atoms with Gasteiger partial charge in [0.15, 0.2) is 0 Å². The van der Waals surface area contributed by atoms with Crippen LogP contribution in [-0.2, 0) is 4.79 Å². The van der Waals surface area contributed by atoms with Crippen molar-refractivity contribution < 1.29 is 4.79 Å². The zero-order valence-corrected chi connectivity index (χ0v) is 15.0. The molecule has 1 aliphatic carbocycles. The first-order valence-corrected chi connectivity index (χ1v) is 9.48. The summed E-state index contributed by atoms with van der Waals surface area (Å²) in [5.41, 5.74) is 7.12. The quantitative estimate of drug-likeness (QED) is 0.878. The maximum absolute atomic E-state index is 13.1. The van der Waals surface area contributed by atoms with Crippen molar-refractivity contribution in [2.75, 3.05) is 26.2 Å². The number of benzene rings is 1. The van der Waals surface area contributed by atoms with Gasteiger partial charge in [0, 0.05) is 31.1 Å². The Morgan fingerprint density at radius 2 is 2.04 bits per heavy atom. The molecule has 0 spiro atoms. The lowest BCUT2D eigenvalue weighted by Crippen LogP contribution is -2.50. The molecular formula is C19H28ClN3O. The average molecular weight is 350 g/mol. The highest BCUT2D eigenvalue weighted by Gasteiger charge is 2.37. The fourth-order valence-electron chi connectivity index (χ4n) is 4.20. The van der Waals surface area contributed by atoms with Gasteiger partial charge >= 0.3 is 0 Å². The number of piperazine rings is 1. The van der Waals surface area contributed by atoms with Crippen molar-refractivity contribution in [1.29, 1.82) is 0 Å². The van der Waals surface area contributed by atoms with Gasteiger partial charge in [-0.3, -0.25) is 4.79 Å². The maximum Gasteiger partial charge on any atom is 0.223 e. The molecule has 1 saturated carbocycles. The average Bonchev–Trinajstić information content (AvgIpc) is 2.63. The first kappa shape index (κ1) is 17.7. The molecule has 1 aromatic rings. The molecule has 3 rings (SSSR count). The summed E-state index contributed by atoms with van der Waals surface area (Å²) in [7, 11) is 0. The van der Waals surface area contributed by atoms with Crippen molar-refractivity contribution in [1.82, 2.24) is 10.2 Å². The molecule has 132 valence electrons. The predicted molar refractivity (Wildman–Crippen MR) is 98.0 cm³/mol. The number of nitrogens with two attached hydrogens (primary N) is 1. The molecule has 4 nitrogen and oxygen atoms in total. The summed E-state index contributed by atoms with van der Waals surface area (Å²) >= 11 is 6.39. The van der Waals surface area contributed by atoms with Gasteiger partial charge in [0.05, 0.1) is 6.04 Å². The van der Waals surface area contributed by atoms with Crippen LogP contribution < -0.4 is 11.1 Å². The standard InChI is InChI=1S/C19H28ClN3O/c20-16-7-3-2-6-15(16)17-13-22-10-11-23(17)18(24)12-19(14-21)8-4-1-5-9-19/h2-3,6-7,17,22H,1,4-5,8-14,21H2. The van der Waals surface area contributed by atoms with Crippen molar-refractivity contribution in [2.24, 2.45) is 11.1 Å². The maximum atomic E-state index is 13.1. The lowest BCUT2D eigenvalue weighted by molar-refractivity contribution is -0.137. The molecule has 1 heterocycles. The smallest absolute Gasteiger partial charge is 0.223 e. The number of nitrogens with zero attached hydrogens (tertiary/aromatic N) is 1. The van der Waals surface area contributed by atoms with Crippen LogP contribution in [0.1, 0.15) is 50.1 Å². The van der Waals surface area contributed by atoms with Crippen LogP contribution in [0, 0.1) is 5.41 Å². The lowest BCUT2D eigenvalue weighted by atomic mass is 9.71. The molecule has 1 atom stereocenters. The number of carbonyl (C=O) groups excluding carboxylic acids is 1. The molecule has 0 radical (unpaired) electrons. The van der Waals surface area contributed by atoms with Crippen molar-refractivity contribution in [3.05, 3.63) is 34.9 Å². The topological polar surface area (TPSA) is 58.4 Å². The van der Waals surface area contributed by atoms with Gasteiger partial charge in [-0.1, -0.05) is 49.1 Å². The Morgan fingerprint density at radius 3 is 2.75 bits per heavy atom. The molecule has 24 heavy (non-hydrogen) atoms. The van der Waals surface area contributed by atoms with Crippen LogP contribution in [0.15, 0.2) is 24.3 Å². The molecule has 5 heteroatoms. The van der Waals surface area contributed by atoms with E-state index in [2.05, 4.69) is 5.32 Å². The predicted octanol–water partition coefficient (Wildman–Crippen LogP) is 3.11. The van der Waals surface area contributed by atoms with E-state index in [0.717, 1.165) is 43.1 Å². The van der Waals surface area contributed by atoms with Gasteiger partial charge in [-0.25, -0.2) is 0 Å². The highest BCUT2D eigenvalue weighted by atomic mass is 35.5. The molecule has 1 amide bonds. The minimum absolute atomic E-state index is 0.00520. The van der Waals surface area contributed by atoms with Gasteiger partial charge in [0.2, 0.25) is 5.91 Å². The number of rotatable bonds is 4. The molecule has 1 aliphatic heterocycles. The molecule has 1 saturated heterocycles. The third kappa shape index (κ3) is 3.76. The molecular weight excluding hydrogens is 322 g/mol. The normalized spacial score (nSPS) is 23.9. The molecule has 3 N–H and O–H groups in total. The lowest BCUT2D eigenvalue weighted by Gasteiger charge is -2.41. The highest BCUT2D eigenvalue weighted by Crippen LogP contribution is 2.40. The second kappa shape index (κ2) is 7.85. The molecule has 2 fully saturated rings. The molecule has 0 bridgehead atoms. The van der Waals surface area contributed by atoms with Crippen molar-refractivity contribution in [3.63, 3.8) is 0 Å². The first-order chi connectivity index (χ1) is 11.7. The Morgan fingerprint density at radius 1 is 1.29 bits per heavy atom. The summed E-state index contributed by atoms with van der Waals surface area (Å²) in [5.74, 6) is 0.230. The molecule has 1 unspecified atom stereocenters. The summed E-state index contributed by atoms with van der Waals surface area (Å²) in [6.07, 6.45) is 6.40. The van der Waals surface area contributed by atoms with Crippen LogP contribution in [-0.4, -0.2) is 37.0 Å². The SMILES string of the molecule is NCC1(CC(=O)N2CCNCC2c2ccccc2Cl)CCCCC1. The van der Waals surface area contributed by atoms with E-state index in [4.69, 9.17) is 17.3 Å². The van der Waals surface area contributed by atoms with E-state index in [9.17, 15) is 4.79 Å². The van der Waals surface area contributed by atoms with Crippen LogP contribution in [0.3, 0.4) is 0 Å². The van der Waals surface area contributed by atoms with Gasteiger partial charge in [-0.15, -0.1) is 0 Å². The molecule has 0 aromatic heterocycles. The van der Waals surface area contributed by atoms with Crippen molar-refractivity contribution >= 4 is 17.5 Å². The monoisotopic (exact) mass is 349 g/mol. The van der Waals surface area contributed by atoms with Crippen LogP contribution in [0.5, 0.6) is 0 Å². The minimum Gasteiger partial charge on any atom is -0.333 e. The van der Waals surface area contributed by atoms with E-state index in [0.29, 0.717) is 13.0 Å². The summed E-state index contributed by atoms with van der Waals surface area (Å²) in [5, 5.41) is 4.13. The van der Waals surface area contributed by atoms with Gasteiger partial charge in [-0.05, 0) is 36.4 Å². The Labute approximate surface area is 149 Å². The third-order valence-corrected chi connectivity index (χ3v) is 6.05. The number of hydrogen-bond donors (Lipinski definition) is 2. The summed E-state index contributed by atoms with van der Waals surface area (Å²) in [4.78, 5) is 15.1. The third-order valence-electron chi connectivity index (χ3n) is 5.70. The van der Waals surface area contributed by atoms with E-state index in [1.54, 1.807) is 0 Å². The van der Waals surface area contributed by atoms with Gasteiger partial charge < -0.3 is 16.0 Å². The van der Waals surface area contributed by atoms with Gasteiger partial charge in [0.25, 0.3) is 0 Å². The second-order valence-corrected chi connectivity index (χ2v) is 7.68. The minimum atomic E-state index is 0.00520. The largest absolute Gasteiger partial charge is 0.333 e. The van der Waals surface area contributed by atoms with Crippen molar-refractivity contribution in [2.45, 2.75) is 44.6 Å². The zero-order valence-electron chi connectivity index (χ0n) is 14.3. The van der Waals surface area contributed by atoms with E-state index < -0.39 is 0 Å². The van der Waals surface area contributed by atoms with Crippen LogP contribution >= 0.6 is 11.6 Å². The van der Waals surface area contributed by atoms with Gasteiger partial charge in [0.1, 0.15) is 0 Å². The second-order valence-electron chi connectivity index (χ2n) is 7.27. The van der Waals surface area contributed by atoms with Crippen molar-refractivity contribution in [3.8, 4) is 0 Å². The Bertz CT molecular complexity index is 571. The highest BCUT2D eigenvalue weighted by molar-refractivity contribution is 6.31. The Balaban J connectivity index is 1.77. The number of hydrogen-bond acceptors (Lipinski definition) is 3. The Hall–Kier alpha value is -1.10. The van der Waals surface area contributed by atoms with E-state index in [1.165, 1.54) is 19.3 Å². The summed E-state index contributed by atoms with van der Waals surface area (Å²) < 4.78 is 0. The molecule has 2 aliphatic rings. The number of nitrogens with one attached hydrogen (secondary N) is 1. The number of carbonyl (C=O) groups is 1. The Kier molecular flexibility index (Phi) is 5.80. The van der Waals surface area contributed by atoms with E-state index >= 15 is 0 Å². The van der Waals surface area contributed by atoms with Crippen LogP contribution in [0.25, 0.3) is 0 Å². The van der Waals surface area contributed by atoms with Crippen LogP contribution in [0.4, 0.5) is 0 Å². The van der Waals surface area contributed by atoms with E-state index in [-0.39, 0.29) is 17.4 Å². The fourth-order valence-corrected chi connectivity index (χ4v) is 4.46. The van der Waals surface area contributed by atoms with E-state index in [1.807, 2.05) is 29.2 Å². The first-order valence-electron chi connectivity index (χ1n) is 9.10. The van der Waals surface area contributed by atoms with Crippen LogP contribution in [0.2, 0.25) is 5.02 Å². The number of amides is 1. The summed E-state index contributed by atoms with van der Waals surface area (Å²) in [6, 6.07) is 7.86. The molecule has 1 aromatic carbocycles. The van der Waals surface area contributed by atoms with Gasteiger partial charge in [-0.2, -0.15) is 0 Å². The number of halogens is 1. The zero-order chi connectivity index (χ0) is 17.0.